The van der Waals surface area contributed by atoms with Crippen LogP contribution in [0.3, 0.4) is 0 Å². The molecule has 0 bridgehead atoms. The first-order valence-corrected chi connectivity index (χ1v) is 8.80. The summed E-state index contributed by atoms with van der Waals surface area (Å²) < 4.78 is 0. The van der Waals surface area contributed by atoms with Crippen LogP contribution in [0.2, 0.25) is 0 Å². The minimum atomic E-state index is -0.0160. The number of amides is 2. The predicted octanol–water partition coefficient (Wildman–Crippen LogP) is 0.898. The van der Waals surface area contributed by atoms with Crippen molar-refractivity contribution in [3.05, 3.63) is 17.5 Å². The maximum Gasteiger partial charge on any atom is 0.317 e. The van der Waals surface area contributed by atoms with Gasteiger partial charge >= 0.3 is 6.03 Å². The lowest BCUT2D eigenvalue weighted by Crippen LogP contribution is -2.58. The highest BCUT2D eigenvalue weighted by atomic mass is 16.2. The number of rotatable bonds is 3. The number of likely N-dealkylation sites (tertiary alicyclic amines) is 1. The van der Waals surface area contributed by atoms with Gasteiger partial charge in [0.05, 0.1) is 0 Å². The topological polar surface area (TPSA) is 87.4 Å². The van der Waals surface area contributed by atoms with Crippen LogP contribution >= 0.6 is 0 Å². The smallest absolute Gasteiger partial charge is 0.317 e. The lowest BCUT2D eigenvalue weighted by molar-refractivity contribution is 0.0633. The third kappa shape index (κ3) is 3.45. The number of nitrogens with two attached hydrogens (primary N) is 1. The molecular weight excluding hydrogens is 304 g/mol. The number of hydrogen-bond acceptors (Lipinski definition) is 5. The van der Waals surface area contributed by atoms with Crippen molar-refractivity contribution in [2.24, 2.45) is 5.92 Å². The largest absolute Gasteiger partial charge is 0.368 e. The quantitative estimate of drug-likeness (QED) is 0.859. The summed E-state index contributed by atoms with van der Waals surface area (Å²) in [5, 5.41) is 3.16. The Bertz CT molecular complexity index is 605. The van der Waals surface area contributed by atoms with E-state index in [0.717, 1.165) is 44.5 Å². The number of nitrogens with one attached hydrogen (secondary N) is 1. The number of piperidine rings is 1. The molecule has 1 fully saturated rings. The van der Waals surface area contributed by atoms with Crippen LogP contribution in [0.4, 0.5) is 10.7 Å². The number of nitrogen functional groups attached to an aromatic ring is 1. The van der Waals surface area contributed by atoms with Gasteiger partial charge in [-0.15, -0.1) is 0 Å². The van der Waals surface area contributed by atoms with E-state index < -0.39 is 0 Å². The molecule has 1 aliphatic heterocycles. The van der Waals surface area contributed by atoms with Crippen LogP contribution in [0.25, 0.3) is 0 Å². The Kier molecular flexibility index (Phi) is 4.89. The molecule has 3 atom stereocenters. The van der Waals surface area contributed by atoms with Crippen molar-refractivity contribution in [1.82, 2.24) is 25.1 Å². The Morgan fingerprint density at radius 3 is 2.96 bits per heavy atom. The Balaban J connectivity index is 1.78. The van der Waals surface area contributed by atoms with Crippen molar-refractivity contribution in [3.63, 3.8) is 0 Å². The summed E-state index contributed by atoms with van der Waals surface area (Å²) >= 11 is 0. The van der Waals surface area contributed by atoms with Gasteiger partial charge in [0.15, 0.2) is 0 Å². The number of hydrogen-bond donors (Lipinski definition) is 2. The van der Waals surface area contributed by atoms with Crippen molar-refractivity contribution in [2.75, 3.05) is 32.9 Å². The van der Waals surface area contributed by atoms with E-state index in [-0.39, 0.29) is 12.1 Å². The Morgan fingerprint density at radius 2 is 2.25 bits per heavy atom. The minimum absolute atomic E-state index is 0.0160. The minimum Gasteiger partial charge on any atom is -0.368 e. The van der Waals surface area contributed by atoms with E-state index in [1.165, 1.54) is 5.56 Å². The second-order valence-corrected chi connectivity index (χ2v) is 7.21. The molecule has 3 rings (SSSR count). The lowest BCUT2D eigenvalue weighted by Gasteiger charge is -2.47. The summed E-state index contributed by atoms with van der Waals surface area (Å²) in [6.07, 6.45) is 5.89. The monoisotopic (exact) mass is 332 g/mol. The van der Waals surface area contributed by atoms with Crippen molar-refractivity contribution < 1.29 is 4.79 Å². The fourth-order valence-electron chi connectivity index (χ4n) is 4.06. The van der Waals surface area contributed by atoms with E-state index in [9.17, 15) is 4.79 Å². The third-order valence-electron chi connectivity index (χ3n) is 5.16. The normalized spacial score (nSPS) is 26.4. The summed E-state index contributed by atoms with van der Waals surface area (Å²) in [7, 11) is 3.56. The van der Waals surface area contributed by atoms with Gasteiger partial charge in [0.2, 0.25) is 5.95 Å². The molecule has 2 heterocycles. The van der Waals surface area contributed by atoms with E-state index in [2.05, 4.69) is 27.1 Å². The molecule has 2 amide bonds. The fourth-order valence-corrected chi connectivity index (χ4v) is 4.06. The average Bonchev–Trinajstić information content (AvgIpc) is 2.53. The van der Waals surface area contributed by atoms with Crippen LogP contribution in [-0.4, -0.2) is 65.1 Å². The molecule has 1 unspecified atom stereocenters. The molecule has 0 aromatic carbocycles. The molecule has 132 valence electrons. The zero-order valence-corrected chi connectivity index (χ0v) is 14.8. The Hall–Kier alpha value is -1.89. The summed E-state index contributed by atoms with van der Waals surface area (Å²) in [5.41, 5.74) is 8.06. The molecule has 0 saturated carbocycles. The highest BCUT2D eigenvalue weighted by molar-refractivity contribution is 5.73. The number of aromatic nitrogens is 2. The first kappa shape index (κ1) is 17.0. The number of fused-ring (bicyclic) bond motifs is 2. The molecule has 7 nitrogen and oxygen atoms in total. The highest BCUT2D eigenvalue weighted by Crippen LogP contribution is 2.34. The van der Waals surface area contributed by atoms with Gasteiger partial charge in [-0.05, 0) is 43.7 Å². The molecule has 0 spiro atoms. The van der Waals surface area contributed by atoms with E-state index in [0.29, 0.717) is 17.9 Å². The third-order valence-corrected chi connectivity index (χ3v) is 5.16. The summed E-state index contributed by atoms with van der Waals surface area (Å²) in [5.74, 6) is 0.852. The van der Waals surface area contributed by atoms with Gasteiger partial charge in [-0.2, -0.15) is 0 Å². The SMILES string of the molecule is CCCN1CC(NC(=O)N(C)C)C[C@@H]2Cc3nc(N)ncc3C[C@H]21. The van der Waals surface area contributed by atoms with Gasteiger partial charge in [0.1, 0.15) is 0 Å². The van der Waals surface area contributed by atoms with E-state index in [4.69, 9.17) is 5.73 Å². The number of urea groups is 1. The zero-order chi connectivity index (χ0) is 17.3. The molecular formula is C17H28N6O. The molecule has 24 heavy (non-hydrogen) atoms. The van der Waals surface area contributed by atoms with Crippen LogP contribution in [-0.2, 0) is 12.8 Å². The average molecular weight is 332 g/mol. The van der Waals surface area contributed by atoms with Crippen LogP contribution in [0.15, 0.2) is 6.20 Å². The second kappa shape index (κ2) is 6.93. The molecule has 0 radical (unpaired) electrons. The Morgan fingerprint density at radius 1 is 1.46 bits per heavy atom. The van der Waals surface area contributed by atoms with Gasteiger partial charge in [0.25, 0.3) is 0 Å². The van der Waals surface area contributed by atoms with Crippen LogP contribution in [0.5, 0.6) is 0 Å². The van der Waals surface area contributed by atoms with Crippen molar-refractivity contribution in [3.8, 4) is 0 Å². The lowest BCUT2D eigenvalue weighted by atomic mass is 9.76. The summed E-state index contributed by atoms with van der Waals surface area (Å²) in [6, 6.07) is 0.684. The van der Waals surface area contributed by atoms with Gasteiger partial charge < -0.3 is 16.0 Å². The molecule has 3 N–H and O–H groups in total. The van der Waals surface area contributed by atoms with E-state index in [1.807, 2.05) is 6.20 Å². The maximum atomic E-state index is 12.0. The number of carbonyl (C=O) groups is 1. The van der Waals surface area contributed by atoms with Crippen LogP contribution < -0.4 is 11.1 Å². The predicted molar refractivity (Wildman–Crippen MR) is 93.6 cm³/mol. The molecule has 7 heteroatoms. The van der Waals surface area contributed by atoms with Crippen LogP contribution in [0, 0.1) is 5.92 Å². The van der Waals surface area contributed by atoms with Crippen molar-refractivity contribution in [1.29, 1.82) is 0 Å². The molecule has 1 aromatic heterocycles. The highest BCUT2D eigenvalue weighted by Gasteiger charge is 2.39. The van der Waals surface area contributed by atoms with Gasteiger partial charge in [-0.3, -0.25) is 4.90 Å². The van der Waals surface area contributed by atoms with Gasteiger partial charge in [-0.1, -0.05) is 6.92 Å². The zero-order valence-electron chi connectivity index (χ0n) is 14.8. The maximum absolute atomic E-state index is 12.0. The fraction of sp³-hybridized carbons (Fsp3) is 0.706. The summed E-state index contributed by atoms with van der Waals surface area (Å²) in [6.45, 7) is 4.18. The molecule has 2 aliphatic rings. The van der Waals surface area contributed by atoms with Gasteiger partial charge in [0, 0.05) is 44.6 Å². The van der Waals surface area contributed by atoms with Gasteiger partial charge in [-0.25, -0.2) is 14.8 Å². The first-order valence-electron chi connectivity index (χ1n) is 8.80. The van der Waals surface area contributed by atoms with Crippen molar-refractivity contribution >= 4 is 12.0 Å². The molecule has 1 aromatic rings. The molecule has 1 saturated heterocycles. The number of carbonyl (C=O) groups excluding carboxylic acids is 1. The summed E-state index contributed by atoms with van der Waals surface area (Å²) in [4.78, 5) is 24.8. The van der Waals surface area contributed by atoms with E-state index in [1.54, 1.807) is 19.0 Å². The van der Waals surface area contributed by atoms with E-state index >= 15 is 0 Å². The van der Waals surface area contributed by atoms with Crippen LogP contribution in [0.1, 0.15) is 31.0 Å². The number of anilines is 1. The number of nitrogens with zero attached hydrogens (tertiary/aromatic N) is 4. The molecule has 1 aliphatic carbocycles. The second-order valence-electron chi connectivity index (χ2n) is 7.21. The van der Waals surface area contributed by atoms with Crippen molar-refractivity contribution in [2.45, 2.75) is 44.7 Å². The standard InChI is InChI=1S/C17H28N6O/c1-4-5-23-10-13(20-17(24)22(2)3)6-11-7-14-12(8-15(11)23)9-19-16(18)21-14/h9,11,13,15H,4-8,10H2,1-3H3,(H,20,24)(H2,18,19,21)/t11-,13?,15-/m1/s1. The Labute approximate surface area is 143 Å². The first-order chi connectivity index (χ1) is 11.5.